The summed E-state index contributed by atoms with van der Waals surface area (Å²) in [4.78, 5) is 19.5. The molecule has 176 valence electrons. The van der Waals surface area contributed by atoms with E-state index in [1.165, 1.54) is 66.6 Å². The van der Waals surface area contributed by atoms with Crippen molar-refractivity contribution in [3.8, 4) is 5.75 Å². The Kier molecular flexibility index (Phi) is 4.77. The molecular weight excluding hydrogens is 426 g/mol. The SMILES string of the molecule is c1ccc2c(c1)nnn2Oc1ccc2[nH]c(N3CCCC3)c(N3CCCC3)c2c1N1CCCC1. The van der Waals surface area contributed by atoms with Crippen molar-refractivity contribution >= 4 is 39.1 Å². The summed E-state index contributed by atoms with van der Waals surface area (Å²) in [5.74, 6) is 2.13. The van der Waals surface area contributed by atoms with Crippen molar-refractivity contribution in [2.24, 2.45) is 0 Å². The van der Waals surface area contributed by atoms with Gasteiger partial charge in [-0.1, -0.05) is 17.0 Å². The number of hydrogen-bond acceptors (Lipinski definition) is 6. The third-order valence-electron chi connectivity index (χ3n) is 7.63. The molecule has 2 aromatic carbocycles. The Morgan fingerprint density at radius 1 is 0.706 bits per heavy atom. The zero-order chi connectivity index (χ0) is 22.5. The number of aromatic nitrogens is 4. The van der Waals surface area contributed by atoms with E-state index in [4.69, 9.17) is 4.84 Å². The van der Waals surface area contributed by atoms with Crippen LogP contribution in [0.15, 0.2) is 36.4 Å². The van der Waals surface area contributed by atoms with E-state index in [2.05, 4.69) is 42.1 Å². The van der Waals surface area contributed by atoms with Crippen LogP contribution >= 0.6 is 0 Å². The van der Waals surface area contributed by atoms with Crippen molar-refractivity contribution in [2.75, 3.05) is 54.0 Å². The highest BCUT2D eigenvalue weighted by atomic mass is 16.7. The highest BCUT2D eigenvalue weighted by Gasteiger charge is 2.31. The van der Waals surface area contributed by atoms with Crippen LogP contribution in [-0.2, 0) is 0 Å². The van der Waals surface area contributed by atoms with Gasteiger partial charge in [-0.25, -0.2) is 0 Å². The fourth-order valence-electron chi connectivity index (χ4n) is 5.98. The summed E-state index contributed by atoms with van der Waals surface area (Å²) < 4.78 is 0. The predicted octanol–water partition coefficient (Wildman–Crippen LogP) is 4.56. The van der Waals surface area contributed by atoms with Crippen molar-refractivity contribution in [2.45, 2.75) is 38.5 Å². The van der Waals surface area contributed by atoms with Crippen molar-refractivity contribution in [1.29, 1.82) is 0 Å². The van der Waals surface area contributed by atoms with Gasteiger partial charge in [0.2, 0.25) is 0 Å². The van der Waals surface area contributed by atoms with Crippen LogP contribution in [0.3, 0.4) is 0 Å². The van der Waals surface area contributed by atoms with E-state index in [9.17, 15) is 0 Å². The van der Waals surface area contributed by atoms with Crippen LogP contribution in [0.25, 0.3) is 21.9 Å². The number of nitrogens with one attached hydrogen (secondary N) is 1. The second-order valence-electron chi connectivity index (χ2n) is 9.78. The largest absolute Gasteiger partial charge is 0.368 e. The van der Waals surface area contributed by atoms with Gasteiger partial charge in [0.05, 0.1) is 22.3 Å². The Bertz CT molecular complexity index is 1320. The lowest BCUT2D eigenvalue weighted by atomic mass is 10.1. The number of fused-ring (bicyclic) bond motifs is 2. The molecule has 0 bridgehead atoms. The van der Waals surface area contributed by atoms with Gasteiger partial charge < -0.3 is 24.5 Å². The van der Waals surface area contributed by atoms with Crippen molar-refractivity contribution in [3.63, 3.8) is 0 Å². The summed E-state index contributed by atoms with van der Waals surface area (Å²) in [7, 11) is 0. The van der Waals surface area contributed by atoms with Gasteiger partial charge in [0.1, 0.15) is 16.9 Å². The molecule has 2 aromatic heterocycles. The van der Waals surface area contributed by atoms with Crippen LogP contribution in [0.1, 0.15) is 38.5 Å². The maximum absolute atomic E-state index is 6.49. The van der Waals surface area contributed by atoms with Gasteiger partial charge in [-0.3, -0.25) is 0 Å². The molecule has 3 aliphatic heterocycles. The maximum atomic E-state index is 6.49. The number of para-hydroxylation sites is 1. The molecular formula is C26H31N7O. The Morgan fingerprint density at radius 3 is 2.09 bits per heavy atom. The number of rotatable bonds is 5. The second-order valence-corrected chi connectivity index (χ2v) is 9.78. The Labute approximate surface area is 199 Å². The molecule has 5 heterocycles. The number of hydrogen-bond donors (Lipinski definition) is 1. The first kappa shape index (κ1) is 20.0. The molecule has 0 radical (unpaired) electrons. The number of H-pyrrole nitrogens is 1. The third kappa shape index (κ3) is 3.19. The lowest BCUT2D eigenvalue weighted by Crippen LogP contribution is -2.25. The van der Waals surface area contributed by atoms with Gasteiger partial charge >= 0.3 is 0 Å². The molecule has 34 heavy (non-hydrogen) atoms. The molecule has 0 aliphatic carbocycles. The minimum absolute atomic E-state index is 0.835. The van der Waals surface area contributed by atoms with Crippen molar-refractivity contribution in [1.82, 2.24) is 20.1 Å². The summed E-state index contributed by atoms with van der Waals surface area (Å²) >= 11 is 0. The lowest BCUT2D eigenvalue weighted by molar-refractivity contribution is 0.185. The molecule has 7 rings (SSSR count). The van der Waals surface area contributed by atoms with Crippen LogP contribution < -0.4 is 19.5 Å². The molecule has 0 amide bonds. The summed E-state index contributed by atoms with van der Waals surface area (Å²) in [6.45, 7) is 6.59. The highest BCUT2D eigenvalue weighted by Crippen LogP contribution is 2.48. The van der Waals surface area contributed by atoms with E-state index in [1.807, 2.05) is 24.3 Å². The van der Waals surface area contributed by atoms with E-state index >= 15 is 0 Å². The van der Waals surface area contributed by atoms with Gasteiger partial charge in [-0.2, -0.15) is 0 Å². The van der Waals surface area contributed by atoms with Gasteiger partial charge in [-0.15, -0.1) is 5.10 Å². The molecule has 0 spiro atoms. The first-order valence-electron chi connectivity index (χ1n) is 12.8. The van der Waals surface area contributed by atoms with Gasteiger partial charge in [0.15, 0.2) is 5.75 Å². The predicted molar refractivity (Wildman–Crippen MR) is 136 cm³/mol. The summed E-state index contributed by atoms with van der Waals surface area (Å²) in [6.07, 6.45) is 7.47. The summed E-state index contributed by atoms with van der Waals surface area (Å²) in [5.41, 5.74) is 5.47. The van der Waals surface area contributed by atoms with E-state index < -0.39 is 0 Å². The van der Waals surface area contributed by atoms with E-state index in [0.717, 1.165) is 56.1 Å². The zero-order valence-corrected chi connectivity index (χ0v) is 19.5. The monoisotopic (exact) mass is 457 g/mol. The van der Waals surface area contributed by atoms with Gasteiger partial charge in [0.25, 0.3) is 0 Å². The van der Waals surface area contributed by atoms with Crippen LogP contribution in [0, 0.1) is 0 Å². The molecule has 3 aliphatic rings. The Morgan fingerprint density at radius 2 is 1.35 bits per heavy atom. The minimum Gasteiger partial charge on any atom is -0.368 e. The van der Waals surface area contributed by atoms with Crippen LogP contribution in [-0.4, -0.2) is 59.4 Å². The van der Waals surface area contributed by atoms with Crippen LogP contribution in [0.4, 0.5) is 17.2 Å². The average Bonchev–Trinajstić information content (AvgIpc) is 3.68. The van der Waals surface area contributed by atoms with Gasteiger partial charge in [-0.05, 0) is 68.0 Å². The number of nitrogens with zero attached hydrogens (tertiary/aromatic N) is 6. The van der Waals surface area contributed by atoms with Crippen LogP contribution in [0.2, 0.25) is 0 Å². The van der Waals surface area contributed by atoms with Gasteiger partial charge in [0, 0.05) is 39.3 Å². The average molecular weight is 458 g/mol. The van der Waals surface area contributed by atoms with Crippen LogP contribution in [0.5, 0.6) is 5.75 Å². The Balaban J connectivity index is 1.43. The smallest absolute Gasteiger partial charge is 0.182 e. The summed E-state index contributed by atoms with van der Waals surface area (Å²) in [6, 6.07) is 12.2. The highest BCUT2D eigenvalue weighted by molar-refractivity contribution is 6.10. The molecule has 0 saturated carbocycles. The maximum Gasteiger partial charge on any atom is 0.182 e. The molecule has 3 saturated heterocycles. The Hall–Kier alpha value is -3.42. The standard InChI is InChI=1S/C26H31N7O/c1-2-10-21-19(9-1)28-29-33(21)34-22-12-11-20-23(24(22)30-13-3-4-14-30)25(31-15-5-6-16-31)26(27-20)32-17-7-8-18-32/h1-2,9-12,27H,3-8,13-18H2. The molecule has 0 unspecified atom stereocenters. The second kappa shape index (κ2) is 8.11. The fourth-order valence-corrected chi connectivity index (χ4v) is 5.98. The topological polar surface area (TPSA) is 65.5 Å². The quantitative estimate of drug-likeness (QED) is 0.474. The number of aromatic amines is 1. The van der Waals surface area contributed by atoms with E-state index in [-0.39, 0.29) is 0 Å². The normalized spacial score (nSPS) is 18.8. The number of anilines is 3. The van der Waals surface area contributed by atoms with E-state index in [1.54, 1.807) is 4.85 Å². The fraction of sp³-hybridized carbons (Fsp3) is 0.462. The van der Waals surface area contributed by atoms with E-state index in [0.29, 0.717) is 0 Å². The third-order valence-corrected chi connectivity index (χ3v) is 7.63. The lowest BCUT2D eigenvalue weighted by Gasteiger charge is -2.27. The molecule has 0 atom stereocenters. The number of benzene rings is 2. The molecule has 4 aromatic rings. The van der Waals surface area contributed by atoms with Crippen molar-refractivity contribution in [3.05, 3.63) is 36.4 Å². The molecule has 8 heteroatoms. The first-order valence-corrected chi connectivity index (χ1v) is 12.8. The molecule has 3 fully saturated rings. The summed E-state index contributed by atoms with van der Waals surface area (Å²) in [5, 5.41) is 9.90. The zero-order valence-electron chi connectivity index (χ0n) is 19.5. The first-order chi connectivity index (χ1) is 16.9. The molecule has 1 N–H and O–H groups in total. The minimum atomic E-state index is 0.835. The van der Waals surface area contributed by atoms with Crippen molar-refractivity contribution < 1.29 is 4.84 Å². The molecule has 8 nitrogen and oxygen atoms in total.